The monoisotopic (exact) mass is 339 g/mol. The molecule has 0 amide bonds. The van der Waals surface area contributed by atoms with Crippen molar-refractivity contribution in [1.29, 1.82) is 0 Å². The fourth-order valence-corrected chi connectivity index (χ4v) is 4.91. The quantitative estimate of drug-likeness (QED) is 0.860. The van der Waals surface area contributed by atoms with Crippen molar-refractivity contribution in [3.63, 3.8) is 0 Å². The third-order valence-electron chi connectivity index (χ3n) is 4.21. The topological polar surface area (TPSA) is 55.2 Å². The molecule has 0 spiro atoms. The number of aromatic nitrogens is 2. The van der Waals surface area contributed by atoms with E-state index in [1.807, 2.05) is 36.3 Å². The Morgan fingerprint density at radius 1 is 1.41 bits per heavy atom. The third kappa shape index (κ3) is 3.26. The van der Waals surface area contributed by atoms with E-state index in [9.17, 15) is 8.42 Å². The number of aryl methyl sites for hydroxylation is 1. The molecule has 1 saturated heterocycles. The van der Waals surface area contributed by atoms with Gasteiger partial charge in [0.2, 0.25) is 0 Å². The minimum absolute atomic E-state index is 0.233. The first-order valence-electron chi connectivity index (χ1n) is 7.46. The van der Waals surface area contributed by atoms with Crippen molar-refractivity contribution in [2.24, 2.45) is 7.05 Å². The summed E-state index contributed by atoms with van der Waals surface area (Å²) in [5, 5.41) is 6.38. The molecule has 3 rings (SSSR count). The summed E-state index contributed by atoms with van der Waals surface area (Å²) in [4.78, 5) is 3.39. The Morgan fingerprint density at radius 2 is 2.23 bits per heavy atom. The van der Waals surface area contributed by atoms with Crippen LogP contribution in [0.25, 0.3) is 10.6 Å². The van der Waals surface area contributed by atoms with Gasteiger partial charge in [0.1, 0.15) is 5.69 Å². The molecule has 3 heterocycles. The van der Waals surface area contributed by atoms with Gasteiger partial charge in [0.15, 0.2) is 9.84 Å². The normalized spacial score (nSPS) is 22.5. The summed E-state index contributed by atoms with van der Waals surface area (Å²) in [5.74, 6) is 0.253. The van der Waals surface area contributed by atoms with Gasteiger partial charge in [-0.25, -0.2) is 8.42 Å². The smallest absolute Gasteiger partial charge is 0.154 e. The lowest BCUT2D eigenvalue weighted by atomic mass is 10.2. The molecule has 1 aliphatic heterocycles. The molecule has 1 fully saturated rings. The van der Waals surface area contributed by atoms with Crippen molar-refractivity contribution in [3.8, 4) is 10.6 Å². The van der Waals surface area contributed by atoms with Gasteiger partial charge < -0.3 is 0 Å². The van der Waals surface area contributed by atoms with Crippen LogP contribution in [0.2, 0.25) is 0 Å². The predicted octanol–water partition coefficient (Wildman–Crippen LogP) is 2.16. The Hall–Kier alpha value is -1.18. The molecule has 0 aromatic carbocycles. The lowest BCUT2D eigenvalue weighted by molar-refractivity contribution is 0.284. The largest absolute Gasteiger partial charge is 0.298 e. The van der Waals surface area contributed by atoms with Gasteiger partial charge in [-0.15, -0.1) is 11.3 Å². The molecule has 5 nitrogen and oxygen atoms in total. The first-order chi connectivity index (χ1) is 10.5. The van der Waals surface area contributed by atoms with Crippen LogP contribution in [0.5, 0.6) is 0 Å². The second-order valence-corrected chi connectivity index (χ2v) is 9.38. The maximum atomic E-state index is 12.0. The van der Waals surface area contributed by atoms with Crippen molar-refractivity contribution >= 4 is 21.2 Å². The van der Waals surface area contributed by atoms with Crippen LogP contribution in [0.15, 0.2) is 23.7 Å². The van der Waals surface area contributed by atoms with Crippen LogP contribution in [-0.2, 0) is 23.4 Å². The number of nitrogens with zero attached hydrogens (tertiary/aromatic N) is 3. The van der Waals surface area contributed by atoms with Gasteiger partial charge in [-0.1, -0.05) is 6.07 Å². The Balaban J connectivity index is 1.79. The van der Waals surface area contributed by atoms with Crippen LogP contribution in [0.3, 0.4) is 0 Å². The lowest BCUT2D eigenvalue weighted by Crippen LogP contribution is -2.26. The van der Waals surface area contributed by atoms with Crippen molar-refractivity contribution in [2.75, 3.05) is 18.8 Å². The minimum Gasteiger partial charge on any atom is -0.298 e. The van der Waals surface area contributed by atoms with E-state index in [4.69, 9.17) is 0 Å². The summed E-state index contributed by atoms with van der Waals surface area (Å²) in [6.07, 6.45) is 2.74. The van der Waals surface area contributed by atoms with E-state index >= 15 is 0 Å². The first-order valence-corrected chi connectivity index (χ1v) is 10.1. The van der Waals surface area contributed by atoms with Gasteiger partial charge in [0.25, 0.3) is 0 Å². The zero-order valence-electron chi connectivity index (χ0n) is 12.9. The summed E-state index contributed by atoms with van der Waals surface area (Å²) >= 11 is 1.68. The average molecular weight is 339 g/mol. The molecule has 1 atom stereocenters. The van der Waals surface area contributed by atoms with Crippen LogP contribution in [0, 0.1) is 0 Å². The van der Waals surface area contributed by atoms with Crippen molar-refractivity contribution in [1.82, 2.24) is 14.7 Å². The van der Waals surface area contributed by atoms with Crippen LogP contribution >= 0.6 is 11.3 Å². The molecule has 2 aromatic rings. The summed E-state index contributed by atoms with van der Waals surface area (Å²) in [6, 6.07) is 4.10. The number of rotatable bonds is 3. The lowest BCUT2D eigenvalue weighted by Gasteiger charge is -2.18. The molecule has 0 N–H and O–H groups in total. The summed E-state index contributed by atoms with van der Waals surface area (Å²) < 4.78 is 25.9. The molecule has 2 aromatic heterocycles. The molecule has 7 heteroatoms. The highest BCUT2D eigenvalue weighted by Crippen LogP contribution is 2.27. The molecule has 0 unspecified atom stereocenters. The number of hydrogen-bond acceptors (Lipinski definition) is 5. The highest BCUT2D eigenvalue weighted by Gasteiger charge is 2.27. The number of hydrogen-bond donors (Lipinski definition) is 0. The standard InChI is InChI=1S/C15H21N3O2S2/c1-12-5-6-18(7-9-22(12,19)20)11-13-10-17(2)16-15(13)14-4-3-8-21-14/h3-4,8,10,12H,5-7,9,11H2,1-2H3/t12-/m0/s1. The fraction of sp³-hybridized carbons (Fsp3) is 0.533. The Labute approximate surface area is 135 Å². The van der Waals surface area contributed by atoms with Crippen LogP contribution in [-0.4, -0.2) is 47.2 Å². The molecule has 1 aliphatic rings. The van der Waals surface area contributed by atoms with E-state index in [0.29, 0.717) is 13.0 Å². The highest BCUT2D eigenvalue weighted by atomic mass is 32.2. The first kappa shape index (κ1) is 15.7. The molecular formula is C15H21N3O2S2. The van der Waals surface area contributed by atoms with E-state index in [-0.39, 0.29) is 11.0 Å². The van der Waals surface area contributed by atoms with E-state index in [2.05, 4.69) is 16.1 Å². The minimum atomic E-state index is -2.93. The van der Waals surface area contributed by atoms with Gasteiger partial charge in [0, 0.05) is 31.9 Å². The molecular weight excluding hydrogens is 318 g/mol. The highest BCUT2D eigenvalue weighted by molar-refractivity contribution is 7.92. The van der Waals surface area contributed by atoms with Gasteiger partial charge in [0.05, 0.1) is 15.9 Å². The number of thiophene rings is 1. The third-order valence-corrected chi connectivity index (χ3v) is 7.30. The van der Waals surface area contributed by atoms with E-state index in [0.717, 1.165) is 29.2 Å². The van der Waals surface area contributed by atoms with E-state index < -0.39 is 9.84 Å². The maximum absolute atomic E-state index is 12.0. The predicted molar refractivity (Wildman–Crippen MR) is 89.7 cm³/mol. The SMILES string of the molecule is C[C@H]1CCN(Cc2cn(C)nc2-c2cccs2)CCS1(=O)=O. The van der Waals surface area contributed by atoms with E-state index in [1.54, 1.807) is 11.3 Å². The van der Waals surface area contributed by atoms with Gasteiger partial charge in [-0.3, -0.25) is 9.58 Å². The van der Waals surface area contributed by atoms with Crippen molar-refractivity contribution in [2.45, 2.75) is 25.1 Å². The Kier molecular flexibility index (Phi) is 4.38. The molecule has 0 radical (unpaired) electrons. The van der Waals surface area contributed by atoms with Crippen LogP contribution in [0.4, 0.5) is 0 Å². The van der Waals surface area contributed by atoms with E-state index in [1.165, 1.54) is 0 Å². The zero-order valence-corrected chi connectivity index (χ0v) is 14.5. The van der Waals surface area contributed by atoms with Gasteiger partial charge >= 0.3 is 0 Å². The number of sulfone groups is 1. The van der Waals surface area contributed by atoms with Gasteiger partial charge in [-0.2, -0.15) is 5.10 Å². The summed E-state index contributed by atoms with van der Waals surface area (Å²) in [5.41, 5.74) is 2.18. The molecule has 0 bridgehead atoms. The maximum Gasteiger partial charge on any atom is 0.154 e. The zero-order chi connectivity index (χ0) is 15.7. The average Bonchev–Trinajstić information content (AvgIpc) is 3.07. The van der Waals surface area contributed by atoms with Crippen LogP contribution in [0.1, 0.15) is 18.9 Å². The molecule has 120 valence electrons. The molecule has 0 saturated carbocycles. The second-order valence-electron chi connectivity index (χ2n) is 5.90. The second kappa shape index (κ2) is 6.14. The Morgan fingerprint density at radius 3 is 2.95 bits per heavy atom. The summed E-state index contributed by atoms with van der Waals surface area (Å²) in [6.45, 7) is 3.99. The fourth-order valence-electron chi connectivity index (χ4n) is 2.79. The van der Waals surface area contributed by atoms with Crippen molar-refractivity contribution in [3.05, 3.63) is 29.3 Å². The van der Waals surface area contributed by atoms with Crippen LogP contribution < -0.4 is 0 Å². The summed E-state index contributed by atoms with van der Waals surface area (Å²) in [7, 11) is -1.01. The molecule has 0 aliphatic carbocycles. The molecule has 22 heavy (non-hydrogen) atoms. The van der Waals surface area contributed by atoms with Crippen molar-refractivity contribution < 1.29 is 8.42 Å². The van der Waals surface area contributed by atoms with Gasteiger partial charge in [-0.05, 0) is 31.3 Å². The Bertz CT molecular complexity index is 735.